The Balaban J connectivity index is 1.99. The lowest BCUT2D eigenvalue weighted by atomic mass is 10.1. The monoisotopic (exact) mass is 337 g/mol. The van der Waals surface area contributed by atoms with Crippen LogP contribution in [0.25, 0.3) is 5.65 Å². The largest absolute Gasteiger partial charge is 0.494 e. The van der Waals surface area contributed by atoms with Crippen molar-refractivity contribution in [1.82, 2.24) is 19.6 Å². The number of nitriles is 1. The van der Waals surface area contributed by atoms with Crippen LogP contribution in [0.2, 0.25) is 0 Å². The average Bonchev–Trinajstić information content (AvgIpc) is 2.96. The van der Waals surface area contributed by atoms with Gasteiger partial charge in [-0.3, -0.25) is 9.78 Å². The molecule has 3 aromatic rings. The third kappa shape index (κ3) is 2.92. The van der Waals surface area contributed by atoms with Crippen molar-refractivity contribution in [3.8, 4) is 11.8 Å². The number of ether oxygens (including phenoxy) is 1. The van der Waals surface area contributed by atoms with Crippen LogP contribution in [0.5, 0.6) is 5.75 Å². The number of hydrogen-bond acceptors (Lipinski definition) is 7. The van der Waals surface area contributed by atoms with Gasteiger partial charge in [-0.1, -0.05) is 0 Å². The van der Waals surface area contributed by atoms with Gasteiger partial charge in [0.15, 0.2) is 11.5 Å². The standard InChI is InChI=1S/C16H15N7O2/c1-9(5-17)10-6-20-15-13(14(18)22-23(15)8-10)16(24)21-11-7-19-4-3-12(11)25-2/h3-4,6-9H,1-2H3,(H2,18,22)(H,21,24). The van der Waals surface area contributed by atoms with Crippen LogP contribution >= 0.6 is 0 Å². The van der Waals surface area contributed by atoms with Crippen LogP contribution < -0.4 is 15.8 Å². The van der Waals surface area contributed by atoms with E-state index in [1.165, 1.54) is 24.0 Å². The Kier molecular flexibility index (Phi) is 4.18. The molecular formula is C16H15N7O2. The summed E-state index contributed by atoms with van der Waals surface area (Å²) in [5, 5.41) is 15.8. The van der Waals surface area contributed by atoms with Gasteiger partial charge in [0.1, 0.15) is 17.0 Å². The first kappa shape index (κ1) is 16.2. The molecule has 1 amide bonds. The minimum Gasteiger partial charge on any atom is -0.494 e. The number of anilines is 2. The van der Waals surface area contributed by atoms with E-state index in [4.69, 9.17) is 15.7 Å². The number of aromatic nitrogens is 4. The molecule has 0 aliphatic carbocycles. The lowest BCUT2D eigenvalue weighted by Gasteiger charge is -2.08. The van der Waals surface area contributed by atoms with Gasteiger partial charge in [-0.25, -0.2) is 9.50 Å². The van der Waals surface area contributed by atoms with E-state index in [1.807, 2.05) is 0 Å². The number of fused-ring (bicyclic) bond motifs is 1. The van der Waals surface area contributed by atoms with Crippen LogP contribution in [-0.2, 0) is 0 Å². The Hall–Kier alpha value is -3.67. The van der Waals surface area contributed by atoms with Crippen molar-refractivity contribution in [2.75, 3.05) is 18.2 Å². The number of nitrogens with zero attached hydrogens (tertiary/aromatic N) is 5. The normalized spacial score (nSPS) is 11.7. The van der Waals surface area contributed by atoms with Crippen LogP contribution in [0, 0.1) is 11.3 Å². The third-order valence-corrected chi connectivity index (χ3v) is 3.69. The second-order valence-corrected chi connectivity index (χ2v) is 5.30. The van der Waals surface area contributed by atoms with Gasteiger partial charge in [-0.15, -0.1) is 5.10 Å². The van der Waals surface area contributed by atoms with Crippen molar-refractivity contribution < 1.29 is 9.53 Å². The Morgan fingerprint density at radius 2 is 2.28 bits per heavy atom. The molecule has 9 nitrogen and oxygen atoms in total. The molecule has 0 bridgehead atoms. The lowest BCUT2D eigenvalue weighted by Crippen LogP contribution is -2.14. The number of pyridine rings is 1. The van der Waals surface area contributed by atoms with Crippen molar-refractivity contribution in [2.24, 2.45) is 0 Å². The van der Waals surface area contributed by atoms with Gasteiger partial charge >= 0.3 is 0 Å². The highest BCUT2D eigenvalue weighted by Crippen LogP contribution is 2.25. The van der Waals surface area contributed by atoms with Gasteiger partial charge in [0.25, 0.3) is 5.91 Å². The van der Waals surface area contributed by atoms with Crippen molar-refractivity contribution in [3.05, 3.63) is 42.0 Å². The van der Waals surface area contributed by atoms with Crippen LogP contribution in [0.15, 0.2) is 30.9 Å². The van der Waals surface area contributed by atoms with Gasteiger partial charge < -0.3 is 15.8 Å². The summed E-state index contributed by atoms with van der Waals surface area (Å²) < 4.78 is 6.58. The predicted molar refractivity (Wildman–Crippen MR) is 90.2 cm³/mol. The molecule has 0 aliphatic rings. The van der Waals surface area contributed by atoms with Gasteiger partial charge in [0.05, 0.1) is 25.3 Å². The van der Waals surface area contributed by atoms with Crippen molar-refractivity contribution >= 4 is 23.1 Å². The minimum absolute atomic E-state index is 0.0367. The Morgan fingerprint density at radius 3 is 3.00 bits per heavy atom. The fourth-order valence-electron chi connectivity index (χ4n) is 2.32. The van der Waals surface area contributed by atoms with Gasteiger partial charge in [0, 0.05) is 30.2 Å². The van der Waals surface area contributed by atoms with E-state index in [0.717, 1.165) is 0 Å². The van der Waals surface area contributed by atoms with Crippen molar-refractivity contribution in [2.45, 2.75) is 12.8 Å². The number of rotatable bonds is 4. The summed E-state index contributed by atoms with van der Waals surface area (Å²) in [5.74, 6) is -0.322. The number of nitrogens with one attached hydrogen (secondary N) is 1. The van der Waals surface area contributed by atoms with Crippen LogP contribution in [0.3, 0.4) is 0 Å². The average molecular weight is 337 g/mol. The smallest absolute Gasteiger partial charge is 0.263 e. The third-order valence-electron chi connectivity index (χ3n) is 3.69. The van der Waals surface area contributed by atoms with Crippen molar-refractivity contribution in [3.63, 3.8) is 0 Å². The molecule has 3 aromatic heterocycles. The fraction of sp³-hybridized carbons (Fsp3) is 0.188. The first-order valence-corrected chi connectivity index (χ1v) is 7.38. The number of carbonyl (C=O) groups is 1. The quantitative estimate of drug-likeness (QED) is 0.739. The molecule has 0 spiro atoms. The maximum atomic E-state index is 12.6. The number of hydrogen-bond donors (Lipinski definition) is 2. The van der Waals surface area contributed by atoms with Gasteiger partial charge in [0.2, 0.25) is 0 Å². The van der Waals surface area contributed by atoms with Crippen molar-refractivity contribution in [1.29, 1.82) is 5.26 Å². The van der Waals surface area contributed by atoms with Crippen LogP contribution in [-0.4, -0.2) is 32.6 Å². The highest BCUT2D eigenvalue weighted by atomic mass is 16.5. The van der Waals surface area contributed by atoms with Gasteiger partial charge in [-0.05, 0) is 6.92 Å². The summed E-state index contributed by atoms with van der Waals surface area (Å²) in [6, 6.07) is 3.75. The highest BCUT2D eigenvalue weighted by Gasteiger charge is 2.21. The molecule has 126 valence electrons. The number of methoxy groups -OCH3 is 1. The zero-order valence-corrected chi connectivity index (χ0v) is 13.6. The Bertz CT molecular complexity index is 990. The summed E-state index contributed by atoms with van der Waals surface area (Å²) >= 11 is 0. The second-order valence-electron chi connectivity index (χ2n) is 5.30. The first-order valence-electron chi connectivity index (χ1n) is 7.38. The van der Waals surface area contributed by atoms with E-state index in [2.05, 4.69) is 26.5 Å². The first-order chi connectivity index (χ1) is 12.0. The van der Waals surface area contributed by atoms with E-state index in [0.29, 0.717) is 22.6 Å². The van der Waals surface area contributed by atoms with Gasteiger partial charge in [-0.2, -0.15) is 5.26 Å². The van der Waals surface area contributed by atoms with E-state index in [9.17, 15) is 4.79 Å². The molecular weight excluding hydrogens is 322 g/mol. The highest BCUT2D eigenvalue weighted by molar-refractivity contribution is 6.11. The SMILES string of the molecule is COc1ccncc1NC(=O)c1c(N)nn2cc(C(C)C#N)cnc12. The molecule has 0 aliphatic heterocycles. The number of nitrogens with two attached hydrogens (primary N) is 1. The Morgan fingerprint density at radius 1 is 1.48 bits per heavy atom. The maximum absolute atomic E-state index is 12.6. The minimum atomic E-state index is -0.479. The molecule has 0 saturated carbocycles. The molecule has 0 fully saturated rings. The maximum Gasteiger partial charge on any atom is 0.263 e. The molecule has 3 heterocycles. The number of carbonyl (C=O) groups excluding carboxylic acids is 1. The molecule has 9 heteroatoms. The topological polar surface area (TPSA) is 131 Å². The molecule has 0 aromatic carbocycles. The van der Waals surface area contributed by atoms with E-state index >= 15 is 0 Å². The number of nitrogen functional groups attached to an aromatic ring is 1. The number of amides is 1. The molecule has 0 radical (unpaired) electrons. The molecule has 1 atom stereocenters. The summed E-state index contributed by atoms with van der Waals surface area (Å²) in [6.45, 7) is 1.75. The molecule has 0 saturated heterocycles. The summed E-state index contributed by atoms with van der Waals surface area (Å²) in [4.78, 5) is 20.8. The Labute approximate surface area is 143 Å². The summed E-state index contributed by atoms with van der Waals surface area (Å²) in [7, 11) is 1.49. The van der Waals surface area contributed by atoms with E-state index in [-0.39, 0.29) is 17.3 Å². The zero-order chi connectivity index (χ0) is 18.0. The molecule has 1 unspecified atom stereocenters. The lowest BCUT2D eigenvalue weighted by molar-refractivity contribution is 0.102. The zero-order valence-electron chi connectivity index (χ0n) is 13.6. The van der Waals surface area contributed by atoms with Crippen LogP contribution in [0.4, 0.5) is 11.5 Å². The van der Waals surface area contributed by atoms with E-state index in [1.54, 1.807) is 25.4 Å². The fourth-order valence-corrected chi connectivity index (χ4v) is 2.32. The van der Waals surface area contributed by atoms with E-state index < -0.39 is 5.91 Å². The molecule has 25 heavy (non-hydrogen) atoms. The second kappa shape index (κ2) is 6.45. The van der Waals surface area contributed by atoms with Crippen LogP contribution in [0.1, 0.15) is 28.8 Å². The summed E-state index contributed by atoms with van der Waals surface area (Å²) in [5.41, 5.74) is 7.42. The predicted octanol–water partition coefficient (Wildman–Crippen LogP) is 1.59. The molecule has 3 N–H and O–H groups in total. The molecule has 3 rings (SSSR count). The summed E-state index contributed by atoms with van der Waals surface area (Å²) in [6.07, 6.45) is 6.19.